The van der Waals surface area contributed by atoms with E-state index in [1.54, 1.807) is 12.4 Å². The standard InChI is InChI=1S/C12H20N4O/c1-8(2)17-12-7-14-6-11(16-12)15-5-9-3-10(13)4-9/h6-10H,3-5,13H2,1-2H3,(H,15,16). The van der Waals surface area contributed by atoms with E-state index in [1.165, 1.54) is 0 Å². The third kappa shape index (κ3) is 3.56. The highest BCUT2D eigenvalue weighted by Gasteiger charge is 2.25. The first kappa shape index (κ1) is 12.1. The molecule has 1 saturated carbocycles. The molecule has 1 aromatic heterocycles. The lowest BCUT2D eigenvalue weighted by molar-refractivity contribution is 0.231. The fourth-order valence-corrected chi connectivity index (χ4v) is 1.93. The van der Waals surface area contributed by atoms with Crippen molar-refractivity contribution in [3.05, 3.63) is 12.4 Å². The van der Waals surface area contributed by atoms with E-state index < -0.39 is 0 Å². The van der Waals surface area contributed by atoms with Gasteiger partial charge in [-0.25, -0.2) is 0 Å². The lowest BCUT2D eigenvalue weighted by atomic mass is 9.81. The third-order valence-electron chi connectivity index (χ3n) is 2.81. The summed E-state index contributed by atoms with van der Waals surface area (Å²) in [6.07, 6.45) is 5.66. The van der Waals surface area contributed by atoms with Crippen molar-refractivity contribution >= 4 is 5.82 Å². The highest BCUT2D eigenvalue weighted by atomic mass is 16.5. The van der Waals surface area contributed by atoms with Gasteiger partial charge in [-0.05, 0) is 32.6 Å². The lowest BCUT2D eigenvalue weighted by Gasteiger charge is -2.32. The van der Waals surface area contributed by atoms with Crippen LogP contribution in [0.1, 0.15) is 26.7 Å². The van der Waals surface area contributed by atoms with Gasteiger partial charge in [-0.3, -0.25) is 4.98 Å². The second-order valence-corrected chi connectivity index (χ2v) is 4.89. The molecule has 1 aromatic rings. The number of ether oxygens (including phenoxy) is 1. The van der Waals surface area contributed by atoms with Crippen LogP contribution in [-0.2, 0) is 0 Å². The topological polar surface area (TPSA) is 73.1 Å². The summed E-state index contributed by atoms with van der Waals surface area (Å²) in [7, 11) is 0. The summed E-state index contributed by atoms with van der Waals surface area (Å²) in [4.78, 5) is 8.43. The molecule has 5 nitrogen and oxygen atoms in total. The maximum absolute atomic E-state index is 5.74. The highest BCUT2D eigenvalue weighted by molar-refractivity contribution is 5.33. The van der Waals surface area contributed by atoms with E-state index in [4.69, 9.17) is 10.5 Å². The summed E-state index contributed by atoms with van der Waals surface area (Å²) >= 11 is 0. The Morgan fingerprint density at radius 3 is 2.88 bits per heavy atom. The van der Waals surface area contributed by atoms with E-state index >= 15 is 0 Å². The number of rotatable bonds is 5. The normalized spacial score (nSPS) is 23.3. The fourth-order valence-electron chi connectivity index (χ4n) is 1.93. The van der Waals surface area contributed by atoms with E-state index in [0.29, 0.717) is 17.8 Å². The van der Waals surface area contributed by atoms with Crippen LogP contribution in [0.5, 0.6) is 5.88 Å². The van der Waals surface area contributed by atoms with Gasteiger partial charge in [-0.1, -0.05) is 0 Å². The van der Waals surface area contributed by atoms with Crippen LogP contribution in [0.15, 0.2) is 12.4 Å². The van der Waals surface area contributed by atoms with Crippen molar-refractivity contribution in [1.29, 1.82) is 0 Å². The number of aromatic nitrogens is 2. The largest absolute Gasteiger partial charge is 0.474 e. The summed E-state index contributed by atoms with van der Waals surface area (Å²) in [5.41, 5.74) is 5.74. The predicted octanol–water partition coefficient (Wildman–Crippen LogP) is 1.41. The molecule has 0 atom stereocenters. The predicted molar refractivity (Wildman–Crippen MR) is 67.0 cm³/mol. The molecular formula is C12H20N4O. The lowest BCUT2D eigenvalue weighted by Crippen LogP contribution is -2.39. The summed E-state index contributed by atoms with van der Waals surface area (Å²) in [5, 5.41) is 3.27. The Morgan fingerprint density at radius 2 is 2.24 bits per heavy atom. The zero-order valence-corrected chi connectivity index (χ0v) is 10.4. The van der Waals surface area contributed by atoms with Crippen LogP contribution in [-0.4, -0.2) is 28.7 Å². The molecule has 5 heteroatoms. The molecular weight excluding hydrogens is 216 g/mol. The van der Waals surface area contributed by atoms with Crippen LogP contribution in [0.25, 0.3) is 0 Å². The average molecular weight is 236 g/mol. The minimum Gasteiger partial charge on any atom is -0.474 e. The van der Waals surface area contributed by atoms with Crippen molar-refractivity contribution in [3.8, 4) is 5.88 Å². The van der Waals surface area contributed by atoms with Gasteiger partial charge in [-0.15, -0.1) is 0 Å². The summed E-state index contributed by atoms with van der Waals surface area (Å²) in [5.74, 6) is 2.00. The molecule has 0 aliphatic heterocycles. The fraction of sp³-hybridized carbons (Fsp3) is 0.667. The van der Waals surface area contributed by atoms with Crippen molar-refractivity contribution in [2.75, 3.05) is 11.9 Å². The first-order valence-corrected chi connectivity index (χ1v) is 6.11. The first-order chi connectivity index (χ1) is 8.13. The molecule has 1 fully saturated rings. The van der Waals surface area contributed by atoms with Crippen LogP contribution < -0.4 is 15.8 Å². The van der Waals surface area contributed by atoms with Crippen molar-refractivity contribution in [2.24, 2.45) is 11.7 Å². The van der Waals surface area contributed by atoms with E-state index in [1.807, 2.05) is 13.8 Å². The van der Waals surface area contributed by atoms with E-state index in [9.17, 15) is 0 Å². The molecule has 0 aromatic carbocycles. The molecule has 1 aliphatic carbocycles. The Kier molecular flexibility index (Phi) is 3.78. The van der Waals surface area contributed by atoms with Crippen molar-refractivity contribution < 1.29 is 4.74 Å². The van der Waals surface area contributed by atoms with Gasteiger partial charge >= 0.3 is 0 Å². The molecule has 0 amide bonds. The van der Waals surface area contributed by atoms with Crippen LogP contribution >= 0.6 is 0 Å². The zero-order valence-electron chi connectivity index (χ0n) is 10.4. The number of nitrogens with two attached hydrogens (primary N) is 1. The molecule has 1 heterocycles. The van der Waals surface area contributed by atoms with Crippen LogP contribution in [0.4, 0.5) is 5.82 Å². The molecule has 94 valence electrons. The minimum absolute atomic E-state index is 0.115. The summed E-state index contributed by atoms with van der Waals surface area (Å²) in [6, 6.07) is 0.392. The highest BCUT2D eigenvalue weighted by Crippen LogP contribution is 2.25. The second-order valence-electron chi connectivity index (χ2n) is 4.89. The molecule has 0 spiro atoms. The van der Waals surface area contributed by atoms with Crippen molar-refractivity contribution in [1.82, 2.24) is 9.97 Å². The number of anilines is 1. The Morgan fingerprint density at radius 1 is 1.47 bits per heavy atom. The number of hydrogen-bond donors (Lipinski definition) is 2. The molecule has 0 bridgehead atoms. The van der Waals surface area contributed by atoms with E-state index in [0.717, 1.165) is 25.2 Å². The van der Waals surface area contributed by atoms with Crippen LogP contribution in [0, 0.1) is 5.92 Å². The second kappa shape index (κ2) is 5.31. The van der Waals surface area contributed by atoms with Gasteiger partial charge in [0.25, 0.3) is 0 Å². The quantitative estimate of drug-likeness (QED) is 0.808. The van der Waals surface area contributed by atoms with Gasteiger partial charge < -0.3 is 15.8 Å². The monoisotopic (exact) mass is 236 g/mol. The summed E-state index contributed by atoms with van der Waals surface area (Å²) < 4.78 is 5.49. The van der Waals surface area contributed by atoms with Gasteiger partial charge in [0, 0.05) is 12.6 Å². The Hall–Kier alpha value is -1.36. The number of hydrogen-bond acceptors (Lipinski definition) is 5. The smallest absolute Gasteiger partial charge is 0.234 e. The molecule has 0 radical (unpaired) electrons. The Labute approximate surface area is 102 Å². The molecule has 0 saturated heterocycles. The first-order valence-electron chi connectivity index (χ1n) is 6.11. The maximum Gasteiger partial charge on any atom is 0.234 e. The van der Waals surface area contributed by atoms with E-state index in [-0.39, 0.29) is 6.10 Å². The molecule has 3 N–H and O–H groups in total. The minimum atomic E-state index is 0.115. The SMILES string of the molecule is CC(C)Oc1cncc(NCC2CC(N)C2)n1. The molecule has 17 heavy (non-hydrogen) atoms. The van der Waals surface area contributed by atoms with E-state index in [2.05, 4.69) is 15.3 Å². The van der Waals surface area contributed by atoms with Gasteiger partial charge in [-0.2, -0.15) is 4.98 Å². The van der Waals surface area contributed by atoms with Gasteiger partial charge in [0.1, 0.15) is 5.82 Å². The Balaban J connectivity index is 1.83. The summed E-state index contributed by atoms with van der Waals surface area (Å²) in [6.45, 7) is 4.85. The molecule has 0 unspecified atom stereocenters. The van der Waals surface area contributed by atoms with Crippen molar-refractivity contribution in [2.45, 2.75) is 38.8 Å². The molecule has 2 rings (SSSR count). The van der Waals surface area contributed by atoms with Gasteiger partial charge in [0.05, 0.1) is 18.5 Å². The number of nitrogens with zero attached hydrogens (tertiary/aromatic N) is 2. The Bertz CT molecular complexity index is 363. The zero-order chi connectivity index (χ0) is 12.3. The van der Waals surface area contributed by atoms with Crippen LogP contribution in [0.2, 0.25) is 0 Å². The third-order valence-corrected chi connectivity index (χ3v) is 2.81. The van der Waals surface area contributed by atoms with Gasteiger partial charge in [0.2, 0.25) is 5.88 Å². The van der Waals surface area contributed by atoms with Crippen LogP contribution in [0.3, 0.4) is 0 Å². The van der Waals surface area contributed by atoms with Gasteiger partial charge in [0.15, 0.2) is 0 Å². The van der Waals surface area contributed by atoms with Crippen molar-refractivity contribution in [3.63, 3.8) is 0 Å². The maximum atomic E-state index is 5.74. The average Bonchev–Trinajstić information content (AvgIpc) is 2.22. The molecule has 1 aliphatic rings. The number of nitrogens with one attached hydrogen (secondary N) is 1.